The summed E-state index contributed by atoms with van der Waals surface area (Å²) in [5, 5.41) is 0.180. The highest BCUT2D eigenvalue weighted by atomic mass is 35.5. The van der Waals surface area contributed by atoms with Crippen LogP contribution < -0.4 is 0 Å². The van der Waals surface area contributed by atoms with Gasteiger partial charge in [0.05, 0.1) is 13.1 Å². The van der Waals surface area contributed by atoms with Crippen molar-refractivity contribution < 1.29 is 18.7 Å². The number of likely N-dealkylation sites (tertiary alicyclic amines) is 1. The van der Waals surface area contributed by atoms with Gasteiger partial charge in [-0.3, -0.25) is 4.79 Å². The Morgan fingerprint density at radius 2 is 2.14 bits per heavy atom. The van der Waals surface area contributed by atoms with E-state index in [-0.39, 0.29) is 22.6 Å². The lowest BCUT2D eigenvalue weighted by Gasteiger charge is -2.21. The molecule has 1 atom stereocenters. The molecule has 1 aromatic carbocycles. The number of likely N-dealkylation sites (N-methyl/N-ethyl adjacent to an activating group) is 1. The summed E-state index contributed by atoms with van der Waals surface area (Å²) in [6.07, 6.45) is 0.204. The molecule has 2 amide bonds. The minimum absolute atomic E-state index is 0.180. The van der Waals surface area contributed by atoms with Gasteiger partial charge in [0.1, 0.15) is 5.82 Å². The molecule has 3 rings (SSSR count). The zero-order chi connectivity index (χ0) is 15.2. The van der Waals surface area contributed by atoms with E-state index in [0.29, 0.717) is 26.1 Å². The molecule has 0 N–H and O–H groups in total. The quantitative estimate of drug-likeness (QED) is 0.798. The number of rotatable bonds is 1. The molecule has 0 aliphatic carbocycles. The molecule has 1 spiro atoms. The van der Waals surface area contributed by atoms with Crippen molar-refractivity contribution in [3.8, 4) is 0 Å². The minimum Gasteiger partial charge on any atom is -0.439 e. The van der Waals surface area contributed by atoms with E-state index in [1.165, 1.54) is 11.0 Å². The molecular weight excluding hydrogens is 299 g/mol. The lowest BCUT2D eigenvalue weighted by Crippen LogP contribution is -2.39. The summed E-state index contributed by atoms with van der Waals surface area (Å²) in [7, 11) is 1.66. The van der Waals surface area contributed by atoms with Crippen LogP contribution >= 0.6 is 11.6 Å². The monoisotopic (exact) mass is 312 g/mol. The minimum atomic E-state index is -0.640. The van der Waals surface area contributed by atoms with Gasteiger partial charge in [-0.2, -0.15) is 0 Å². The van der Waals surface area contributed by atoms with E-state index >= 15 is 0 Å². The zero-order valence-corrected chi connectivity index (χ0v) is 12.2. The van der Waals surface area contributed by atoms with Crippen molar-refractivity contribution in [2.75, 3.05) is 26.7 Å². The molecule has 2 saturated heterocycles. The average molecular weight is 313 g/mol. The standard InChI is InChI=1S/C14H14ClFN2O3/c1-17-7-14(21-13(17)20)2-3-18(8-14)12(19)9-4-10(15)6-11(16)5-9/h4-6H,2-3,7-8H2,1H3. The average Bonchev–Trinajstić information content (AvgIpc) is 2.92. The largest absolute Gasteiger partial charge is 0.439 e. The van der Waals surface area contributed by atoms with E-state index in [1.807, 2.05) is 0 Å². The molecule has 0 aromatic heterocycles. The summed E-state index contributed by atoms with van der Waals surface area (Å²) < 4.78 is 18.7. The molecule has 1 aromatic rings. The van der Waals surface area contributed by atoms with Gasteiger partial charge in [-0.15, -0.1) is 0 Å². The fourth-order valence-electron chi connectivity index (χ4n) is 2.88. The summed E-state index contributed by atoms with van der Waals surface area (Å²) in [5.74, 6) is -0.856. The Hall–Kier alpha value is -1.82. The van der Waals surface area contributed by atoms with Crippen LogP contribution in [0.3, 0.4) is 0 Å². The zero-order valence-electron chi connectivity index (χ0n) is 11.4. The van der Waals surface area contributed by atoms with Gasteiger partial charge in [0.25, 0.3) is 5.91 Å². The van der Waals surface area contributed by atoms with Crippen LogP contribution in [-0.4, -0.2) is 54.1 Å². The maximum Gasteiger partial charge on any atom is 0.410 e. The molecule has 7 heteroatoms. The number of halogens is 2. The third-order valence-electron chi connectivity index (χ3n) is 3.85. The number of hydrogen-bond acceptors (Lipinski definition) is 3. The van der Waals surface area contributed by atoms with Crippen LogP contribution in [0.5, 0.6) is 0 Å². The molecule has 0 saturated carbocycles. The highest BCUT2D eigenvalue weighted by Gasteiger charge is 2.49. The summed E-state index contributed by atoms with van der Waals surface area (Å²) in [6.45, 7) is 1.24. The Balaban J connectivity index is 1.77. The van der Waals surface area contributed by atoms with Gasteiger partial charge in [0.2, 0.25) is 0 Å². The Morgan fingerprint density at radius 3 is 2.76 bits per heavy atom. The number of amides is 2. The Bertz CT molecular complexity index is 604. The number of nitrogens with zero attached hydrogens (tertiary/aromatic N) is 2. The number of carbonyl (C=O) groups excluding carboxylic acids is 2. The number of carbonyl (C=O) groups is 2. The molecule has 2 fully saturated rings. The Kier molecular flexibility index (Phi) is 3.28. The molecule has 5 nitrogen and oxygen atoms in total. The van der Waals surface area contributed by atoms with Crippen molar-refractivity contribution in [1.29, 1.82) is 0 Å². The van der Waals surface area contributed by atoms with E-state index in [2.05, 4.69) is 0 Å². The third kappa shape index (κ3) is 2.55. The number of hydrogen-bond donors (Lipinski definition) is 0. The Morgan fingerprint density at radius 1 is 1.38 bits per heavy atom. The molecular formula is C14H14ClFN2O3. The summed E-state index contributed by atoms with van der Waals surface area (Å²) in [5.41, 5.74) is -0.437. The van der Waals surface area contributed by atoms with Gasteiger partial charge >= 0.3 is 6.09 Å². The van der Waals surface area contributed by atoms with Gasteiger partial charge in [-0.05, 0) is 18.2 Å². The van der Waals surface area contributed by atoms with E-state index < -0.39 is 11.4 Å². The fraction of sp³-hybridized carbons (Fsp3) is 0.429. The van der Waals surface area contributed by atoms with Gasteiger partial charge in [0.15, 0.2) is 5.60 Å². The molecule has 112 valence electrons. The van der Waals surface area contributed by atoms with E-state index in [1.54, 1.807) is 11.9 Å². The second-order valence-corrected chi connectivity index (χ2v) is 5.98. The predicted molar refractivity (Wildman–Crippen MR) is 73.8 cm³/mol. The Labute approximate surface area is 126 Å². The van der Waals surface area contributed by atoms with Gasteiger partial charge in [-0.1, -0.05) is 11.6 Å². The fourth-order valence-corrected chi connectivity index (χ4v) is 3.10. The summed E-state index contributed by atoms with van der Waals surface area (Å²) in [6, 6.07) is 3.74. The smallest absolute Gasteiger partial charge is 0.410 e. The first-order chi connectivity index (χ1) is 9.88. The van der Waals surface area contributed by atoms with Gasteiger partial charge in [-0.25, -0.2) is 9.18 Å². The first kappa shape index (κ1) is 14.1. The first-order valence-electron chi connectivity index (χ1n) is 6.58. The lowest BCUT2D eigenvalue weighted by atomic mass is 10.0. The molecule has 0 radical (unpaired) electrons. The third-order valence-corrected chi connectivity index (χ3v) is 4.07. The van der Waals surface area contributed by atoms with Crippen molar-refractivity contribution in [2.45, 2.75) is 12.0 Å². The van der Waals surface area contributed by atoms with Crippen LogP contribution in [0.2, 0.25) is 5.02 Å². The second kappa shape index (κ2) is 4.87. The van der Waals surface area contributed by atoms with Crippen LogP contribution in [-0.2, 0) is 4.74 Å². The molecule has 2 aliphatic heterocycles. The van der Waals surface area contributed by atoms with Crippen molar-refractivity contribution in [3.63, 3.8) is 0 Å². The van der Waals surface area contributed by atoms with Crippen LogP contribution in [0.25, 0.3) is 0 Å². The second-order valence-electron chi connectivity index (χ2n) is 5.54. The van der Waals surface area contributed by atoms with Crippen LogP contribution in [0.15, 0.2) is 18.2 Å². The highest BCUT2D eigenvalue weighted by molar-refractivity contribution is 6.31. The van der Waals surface area contributed by atoms with Crippen molar-refractivity contribution in [3.05, 3.63) is 34.6 Å². The SMILES string of the molecule is CN1CC2(CCN(C(=O)c3cc(F)cc(Cl)c3)C2)OC1=O. The topological polar surface area (TPSA) is 49.9 Å². The van der Waals surface area contributed by atoms with Crippen LogP contribution in [0.1, 0.15) is 16.8 Å². The highest BCUT2D eigenvalue weighted by Crippen LogP contribution is 2.32. The normalized spacial score (nSPS) is 24.8. The number of benzene rings is 1. The first-order valence-corrected chi connectivity index (χ1v) is 6.96. The van der Waals surface area contributed by atoms with E-state index in [9.17, 15) is 14.0 Å². The molecule has 21 heavy (non-hydrogen) atoms. The molecule has 2 heterocycles. The van der Waals surface area contributed by atoms with Crippen molar-refractivity contribution in [2.24, 2.45) is 0 Å². The van der Waals surface area contributed by atoms with E-state index in [4.69, 9.17) is 16.3 Å². The molecule has 1 unspecified atom stereocenters. The maximum absolute atomic E-state index is 13.3. The van der Waals surface area contributed by atoms with E-state index in [0.717, 1.165) is 12.1 Å². The number of ether oxygens (including phenoxy) is 1. The maximum atomic E-state index is 13.3. The van der Waals surface area contributed by atoms with Crippen LogP contribution in [0, 0.1) is 5.82 Å². The van der Waals surface area contributed by atoms with Crippen LogP contribution in [0.4, 0.5) is 9.18 Å². The lowest BCUT2D eigenvalue weighted by molar-refractivity contribution is 0.0553. The van der Waals surface area contributed by atoms with Gasteiger partial charge < -0.3 is 14.5 Å². The summed E-state index contributed by atoms with van der Waals surface area (Å²) in [4.78, 5) is 27.0. The van der Waals surface area contributed by atoms with Crippen molar-refractivity contribution in [1.82, 2.24) is 9.80 Å². The molecule has 0 bridgehead atoms. The predicted octanol–water partition coefficient (Wildman–Crippen LogP) is 2.15. The summed E-state index contributed by atoms with van der Waals surface area (Å²) >= 11 is 5.77. The van der Waals surface area contributed by atoms with Crippen molar-refractivity contribution >= 4 is 23.6 Å². The van der Waals surface area contributed by atoms with Gasteiger partial charge in [0, 0.05) is 30.6 Å². The molecule has 2 aliphatic rings.